The van der Waals surface area contributed by atoms with Crippen LogP contribution in [0.4, 0.5) is 13.2 Å². The number of rotatable bonds is 4. The van der Waals surface area contributed by atoms with Crippen molar-refractivity contribution in [2.45, 2.75) is 30.3 Å². The van der Waals surface area contributed by atoms with Gasteiger partial charge in [0.15, 0.2) is 10.3 Å². The van der Waals surface area contributed by atoms with Crippen LogP contribution in [0, 0.1) is 0 Å². The van der Waals surface area contributed by atoms with Gasteiger partial charge in [-0.05, 0) is 26.0 Å². The third-order valence-corrected chi connectivity index (χ3v) is 4.39. The topological polar surface area (TPSA) is 73.3 Å². The molecule has 0 saturated carbocycles. The van der Waals surface area contributed by atoms with Crippen LogP contribution < -0.4 is 0 Å². The number of hydrogen-bond donors (Lipinski definition) is 0. The molecule has 1 rings (SSSR count). The van der Waals surface area contributed by atoms with Gasteiger partial charge >= 0.3 is 12.1 Å². The van der Waals surface area contributed by atoms with Crippen molar-refractivity contribution in [2.75, 3.05) is 6.61 Å². The molecule has 0 aromatic carbocycles. The SMILES string of the molecule is CCOC(=O)[C@@H](C)S(=O)(=O)c1ccc(C(F)(F)F)cn1. The van der Waals surface area contributed by atoms with Crippen molar-refractivity contribution in [3.8, 4) is 0 Å². The van der Waals surface area contributed by atoms with Gasteiger partial charge in [-0.3, -0.25) is 4.79 Å². The predicted octanol–water partition coefficient (Wildman–Crippen LogP) is 1.83. The Labute approximate surface area is 113 Å². The van der Waals surface area contributed by atoms with E-state index in [0.29, 0.717) is 18.3 Å². The molecule has 0 amide bonds. The van der Waals surface area contributed by atoms with Crippen LogP contribution in [0.1, 0.15) is 19.4 Å². The maximum Gasteiger partial charge on any atom is 0.417 e. The van der Waals surface area contributed by atoms with Crippen molar-refractivity contribution < 1.29 is 31.1 Å². The Morgan fingerprint density at radius 3 is 2.40 bits per heavy atom. The van der Waals surface area contributed by atoms with Crippen LogP contribution in [0.25, 0.3) is 0 Å². The van der Waals surface area contributed by atoms with Gasteiger partial charge < -0.3 is 4.74 Å². The summed E-state index contributed by atoms with van der Waals surface area (Å²) in [5.74, 6) is -0.978. The smallest absolute Gasteiger partial charge is 0.417 e. The minimum Gasteiger partial charge on any atom is -0.465 e. The molecule has 0 spiro atoms. The van der Waals surface area contributed by atoms with Gasteiger partial charge in [-0.25, -0.2) is 13.4 Å². The first-order valence-corrected chi connectivity index (χ1v) is 7.09. The number of ether oxygens (including phenoxy) is 1. The van der Waals surface area contributed by atoms with Crippen molar-refractivity contribution in [3.05, 3.63) is 23.9 Å². The number of halogens is 3. The molecule has 1 aromatic rings. The van der Waals surface area contributed by atoms with E-state index in [4.69, 9.17) is 0 Å². The van der Waals surface area contributed by atoms with Gasteiger partial charge in [-0.15, -0.1) is 0 Å². The molecule has 5 nitrogen and oxygen atoms in total. The fourth-order valence-corrected chi connectivity index (χ4v) is 2.42. The average molecular weight is 311 g/mol. The second-order valence-electron chi connectivity index (χ2n) is 3.82. The Balaban J connectivity index is 3.08. The van der Waals surface area contributed by atoms with Crippen LogP contribution in [-0.4, -0.2) is 31.2 Å². The molecule has 1 aromatic heterocycles. The zero-order valence-electron chi connectivity index (χ0n) is 10.6. The summed E-state index contributed by atoms with van der Waals surface area (Å²) in [5.41, 5.74) is -1.07. The molecular weight excluding hydrogens is 299 g/mol. The van der Waals surface area contributed by atoms with Crippen molar-refractivity contribution >= 4 is 15.8 Å². The summed E-state index contributed by atoms with van der Waals surface area (Å²) in [6.07, 6.45) is -4.20. The maximum atomic E-state index is 12.3. The minimum absolute atomic E-state index is 0.000860. The summed E-state index contributed by atoms with van der Waals surface area (Å²) >= 11 is 0. The number of nitrogens with zero attached hydrogens (tertiary/aromatic N) is 1. The Morgan fingerprint density at radius 1 is 1.40 bits per heavy atom. The Morgan fingerprint density at radius 2 is 2.00 bits per heavy atom. The highest BCUT2D eigenvalue weighted by atomic mass is 32.2. The Hall–Kier alpha value is -1.64. The quantitative estimate of drug-likeness (QED) is 0.793. The van der Waals surface area contributed by atoms with E-state index >= 15 is 0 Å². The summed E-state index contributed by atoms with van der Waals surface area (Å²) in [6.45, 7) is 2.60. The number of alkyl halides is 3. The fraction of sp³-hybridized carbons (Fsp3) is 0.455. The Kier molecular flexibility index (Phi) is 4.74. The van der Waals surface area contributed by atoms with Gasteiger partial charge in [0.05, 0.1) is 12.2 Å². The van der Waals surface area contributed by atoms with E-state index in [0.717, 1.165) is 6.92 Å². The first-order chi connectivity index (χ1) is 9.10. The fourth-order valence-electron chi connectivity index (χ4n) is 1.28. The van der Waals surface area contributed by atoms with Crippen molar-refractivity contribution in [2.24, 2.45) is 0 Å². The molecule has 0 saturated heterocycles. The summed E-state index contributed by atoms with van der Waals surface area (Å²) in [7, 11) is -4.18. The number of aromatic nitrogens is 1. The lowest BCUT2D eigenvalue weighted by molar-refractivity contribution is -0.142. The van der Waals surface area contributed by atoms with E-state index in [1.54, 1.807) is 0 Å². The van der Waals surface area contributed by atoms with E-state index in [9.17, 15) is 26.4 Å². The monoisotopic (exact) mass is 311 g/mol. The first kappa shape index (κ1) is 16.4. The van der Waals surface area contributed by atoms with Crippen LogP contribution >= 0.6 is 0 Å². The van der Waals surface area contributed by atoms with Gasteiger partial charge in [0, 0.05) is 6.20 Å². The van der Waals surface area contributed by atoms with Gasteiger partial charge in [-0.1, -0.05) is 0 Å². The van der Waals surface area contributed by atoms with Gasteiger partial charge in [-0.2, -0.15) is 13.2 Å². The van der Waals surface area contributed by atoms with Crippen LogP contribution in [0.2, 0.25) is 0 Å². The zero-order valence-corrected chi connectivity index (χ0v) is 11.5. The summed E-state index contributed by atoms with van der Waals surface area (Å²) in [6, 6.07) is 1.31. The summed E-state index contributed by atoms with van der Waals surface area (Å²) in [4.78, 5) is 14.6. The average Bonchev–Trinajstić information content (AvgIpc) is 2.37. The molecule has 0 bridgehead atoms. The molecule has 0 aliphatic carbocycles. The van der Waals surface area contributed by atoms with Crippen molar-refractivity contribution in [1.82, 2.24) is 4.98 Å². The molecule has 0 fully saturated rings. The molecule has 20 heavy (non-hydrogen) atoms. The van der Waals surface area contributed by atoms with Gasteiger partial charge in [0.25, 0.3) is 0 Å². The lowest BCUT2D eigenvalue weighted by Gasteiger charge is -2.12. The van der Waals surface area contributed by atoms with Crippen LogP contribution in [0.15, 0.2) is 23.4 Å². The zero-order chi connectivity index (χ0) is 15.6. The highest BCUT2D eigenvalue weighted by Gasteiger charge is 2.34. The molecule has 0 aliphatic heterocycles. The summed E-state index contributed by atoms with van der Waals surface area (Å²) in [5, 5.41) is -2.14. The molecule has 1 heterocycles. The lowest BCUT2D eigenvalue weighted by atomic mass is 10.3. The highest BCUT2D eigenvalue weighted by Crippen LogP contribution is 2.29. The van der Waals surface area contributed by atoms with Crippen LogP contribution in [0.3, 0.4) is 0 Å². The number of carbonyl (C=O) groups excluding carboxylic acids is 1. The number of sulfone groups is 1. The van der Waals surface area contributed by atoms with Gasteiger partial charge in [0.2, 0.25) is 9.84 Å². The molecule has 0 radical (unpaired) electrons. The third-order valence-electron chi connectivity index (χ3n) is 2.44. The molecular formula is C11H12F3NO4S. The van der Waals surface area contributed by atoms with Crippen LogP contribution in [-0.2, 0) is 25.5 Å². The van der Waals surface area contributed by atoms with Crippen LogP contribution in [0.5, 0.6) is 0 Å². The van der Waals surface area contributed by atoms with E-state index in [2.05, 4.69) is 9.72 Å². The normalized spacial score (nSPS) is 13.8. The highest BCUT2D eigenvalue weighted by molar-refractivity contribution is 7.92. The molecule has 9 heteroatoms. The lowest BCUT2D eigenvalue weighted by Crippen LogP contribution is -2.30. The third kappa shape index (κ3) is 3.47. The molecule has 112 valence electrons. The molecule has 0 unspecified atom stereocenters. The number of pyridine rings is 1. The van der Waals surface area contributed by atoms with E-state index in [1.165, 1.54) is 6.92 Å². The second kappa shape index (κ2) is 5.78. The van der Waals surface area contributed by atoms with E-state index in [1.807, 2.05) is 0 Å². The molecule has 1 atom stereocenters. The van der Waals surface area contributed by atoms with E-state index in [-0.39, 0.29) is 6.61 Å². The minimum atomic E-state index is -4.61. The number of esters is 1. The van der Waals surface area contributed by atoms with Crippen molar-refractivity contribution in [3.63, 3.8) is 0 Å². The largest absolute Gasteiger partial charge is 0.465 e. The Bertz CT molecular complexity index is 581. The maximum absolute atomic E-state index is 12.3. The molecule has 0 N–H and O–H groups in total. The first-order valence-electron chi connectivity index (χ1n) is 5.54. The van der Waals surface area contributed by atoms with E-state index < -0.39 is 37.8 Å². The number of hydrogen-bond acceptors (Lipinski definition) is 5. The summed E-state index contributed by atoms with van der Waals surface area (Å²) < 4.78 is 65.5. The van der Waals surface area contributed by atoms with Crippen molar-refractivity contribution in [1.29, 1.82) is 0 Å². The van der Waals surface area contributed by atoms with Gasteiger partial charge in [0.1, 0.15) is 0 Å². The molecule has 0 aliphatic rings. The standard InChI is InChI=1S/C11H12F3NO4S/c1-3-19-10(16)7(2)20(17,18)9-5-4-8(6-15-9)11(12,13)14/h4-7H,3H2,1-2H3/t7-/m1/s1. The second-order valence-corrected chi connectivity index (χ2v) is 6.04. The number of carbonyl (C=O) groups is 1. The predicted molar refractivity (Wildman–Crippen MR) is 62.5 cm³/mol.